The number of ether oxygens (including phenoxy) is 1. The predicted octanol–water partition coefficient (Wildman–Crippen LogP) is 4.42. The van der Waals surface area contributed by atoms with Crippen molar-refractivity contribution in [3.05, 3.63) is 58.7 Å². The highest BCUT2D eigenvalue weighted by molar-refractivity contribution is 7.79. The van der Waals surface area contributed by atoms with Crippen molar-refractivity contribution in [3.63, 3.8) is 0 Å². The summed E-state index contributed by atoms with van der Waals surface area (Å²) in [6.07, 6.45) is -4.03. The predicted molar refractivity (Wildman–Crippen MR) is 127 cm³/mol. The van der Waals surface area contributed by atoms with Crippen LogP contribution in [-0.4, -0.2) is 42.8 Å². The van der Waals surface area contributed by atoms with Gasteiger partial charge in [-0.2, -0.15) is 13.2 Å². The zero-order chi connectivity index (χ0) is 22.5. The summed E-state index contributed by atoms with van der Waals surface area (Å²) >= 11 is 5.00. The van der Waals surface area contributed by atoms with Gasteiger partial charge in [-0.05, 0) is 56.4 Å². The summed E-state index contributed by atoms with van der Waals surface area (Å²) < 4.78 is 46.2. The minimum atomic E-state index is -4.77. The van der Waals surface area contributed by atoms with Crippen molar-refractivity contribution in [2.75, 3.05) is 20.6 Å². The number of amides is 1. The van der Waals surface area contributed by atoms with Gasteiger partial charge in [-0.3, -0.25) is 15.5 Å². The monoisotopic (exact) mass is 510 g/mol. The fraction of sp³-hybridized carbons (Fsp3) is 0.250. The third-order valence-corrected chi connectivity index (χ3v) is 4.32. The first kappa shape index (κ1) is 29.6. The first-order valence-electron chi connectivity index (χ1n) is 8.78. The first-order chi connectivity index (χ1) is 14.0. The zero-order valence-electron chi connectivity index (χ0n) is 17.2. The van der Waals surface area contributed by atoms with Crippen molar-refractivity contribution < 1.29 is 22.7 Å². The van der Waals surface area contributed by atoms with E-state index in [1.165, 1.54) is 5.37 Å². The molecule has 32 heavy (non-hydrogen) atoms. The minimum absolute atomic E-state index is 0. The number of nitrogens with one attached hydrogen (secondary N) is 2. The van der Waals surface area contributed by atoms with E-state index >= 15 is 0 Å². The number of nitrogens with two attached hydrogens (primary N) is 1. The summed E-state index contributed by atoms with van der Waals surface area (Å²) in [6.45, 7) is 0.805. The Labute approximate surface area is 201 Å². The molecule has 0 saturated heterocycles. The Hall–Kier alpha value is -2.40. The van der Waals surface area contributed by atoms with Crippen molar-refractivity contribution in [1.29, 1.82) is 5.41 Å². The topological polar surface area (TPSA) is 91.4 Å². The molecule has 2 rings (SSSR count). The first-order valence-corrected chi connectivity index (χ1v) is 9.25. The summed E-state index contributed by atoms with van der Waals surface area (Å²) in [7, 11) is 3.88. The maximum absolute atomic E-state index is 13.6. The van der Waals surface area contributed by atoms with Crippen molar-refractivity contribution in [3.8, 4) is 11.5 Å². The lowest BCUT2D eigenvalue weighted by Crippen LogP contribution is -2.35. The van der Waals surface area contributed by atoms with Crippen molar-refractivity contribution >= 4 is 54.3 Å². The lowest BCUT2D eigenvalue weighted by molar-refractivity contribution is -0.138. The highest BCUT2D eigenvalue weighted by Crippen LogP contribution is 2.39. The second-order valence-corrected chi connectivity index (χ2v) is 6.96. The van der Waals surface area contributed by atoms with Gasteiger partial charge in [-0.1, -0.05) is 18.3 Å². The summed E-state index contributed by atoms with van der Waals surface area (Å²) in [6, 6.07) is 7.96. The molecule has 0 heterocycles. The van der Waals surface area contributed by atoms with E-state index in [1.54, 1.807) is 18.2 Å². The van der Waals surface area contributed by atoms with Gasteiger partial charge in [0.1, 0.15) is 11.5 Å². The molecule has 0 radical (unpaired) electrons. The van der Waals surface area contributed by atoms with Gasteiger partial charge in [0.2, 0.25) is 0 Å². The SMILES string of the molecule is CN(C)CCc1ccc(Oc2ccc(C(=O)NC(=N)N)cc2C(F)(F)F)c(C=S)c1.Cl.Cl. The summed E-state index contributed by atoms with van der Waals surface area (Å²) in [5, 5.41) is 10.3. The number of hydrogen-bond donors (Lipinski definition) is 3. The Morgan fingerprint density at radius 1 is 1.19 bits per heavy atom. The van der Waals surface area contributed by atoms with Crippen LogP contribution in [0.4, 0.5) is 13.2 Å². The molecular weight excluding hydrogens is 488 g/mol. The number of thiocarbonyl (C=S) groups is 1. The van der Waals surface area contributed by atoms with Crippen LogP contribution in [0.25, 0.3) is 0 Å². The summed E-state index contributed by atoms with van der Waals surface area (Å²) in [5.74, 6) is -1.90. The van der Waals surface area contributed by atoms with Gasteiger partial charge in [0.05, 0.1) is 5.56 Å². The Morgan fingerprint density at radius 3 is 2.34 bits per heavy atom. The molecule has 0 spiro atoms. The van der Waals surface area contributed by atoms with Crippen LogP contribution in [0.2, 0.25) is 0 Å². The van der Waals surface area contributed by atoms with Gasteiger partial charge >= 0.3 is 6.18 Å². The Morgan fingerprint density at radius 2 is 1.81 bits per heavy atom. The van der Waals surface area contributed by atoms with Crippen LogP contribution >= 0.6 is 37.0 Å². The molecule has 6 nitrogen and oxygen atoms in total. The van der Waals surface area contributed by atoms with E-state index in [0.29, 0.717) is 11.6 Å². The molecule has 0 atom stereocenters. The number of alkyl halides is 3. The molecule has 12 heteroatoms. The molecule has 176 valence electrons. The molecular formula is C20H23Cl2F3N4O2S. The molecule has 4 N–H and O–H groups in total. The van der Waals surface area contributed by atoms with Crippen LogP contribution in [0.15, 0.2) is 36.4 Å². The molecule has 2 aromatic rings. The number of carbonyl (C=O) groups is 1. The fourth-order valence-electron chi connectivity index (χ4n) is 2.59. The van der Waals surface area contributed by atoms with Gasteiger partial charge in [0.25, 0.3) is 5.91 Å². The number of benzene rings is 2. The molecule has 0 saturated carbocycles. The molecule has 0 aliphatic carbocycles. The van der Waals surface area contributed by atoms with Gasteiger partial charge in [-0.15, -0.1) is 24.8 Å². The van der Waals surface area contributed by atoms with Crippen LogP contribution in [-0.2, 0) is 12.6 Å². The van der Waals surface area contributed by atoms with Crippen LogP contribution in [0.3, 0.4) is 0 Å². The van der Waals surface area contributed by atoms with Crippen molar-refractivity contribution in [2.24, 2.45) is 5.73 Å². The van der Waals surface area contributed by atoms with E-state index < -0.39 is 29.4 Å². The van der Waals surface area contributed by atoms with E-state index in [-0.39, 0.29) is 36.1 Å². The van der Waals surface area contributed by atoms with E-state index in [9.17, 15) is 18.0 Å². The second-order valence-electron chi connectivity index (χ2n) is 6.72. The van der Waals surface area contributed by atoms with E-state index in [0.717, 1.165) is 30.7 Å². The Balaban J connectivity index is 0.00000480. The molecule has 0 unspecified atom stereocenters. The molecule has 2 aromatic carbocycles. The molecule has 0 aliphatic rings. The lowest BCUT2D eigenvalue weighted by Gasteiger charge is -2.17. The fourth-order valence-corrected chi connectivity index (χ4v) is 2.77. The number of halogens is 5. The van der Waals surface area contributed by atoms with Gasteiger partial charge in [0, 0.05) is 23.0 Å². The number of nitrogens with zero attached hydrogens (tertiary/aromatic N) is 1. The smallest absolute Gasteiger partial charge is 0.420 e. The van der Waals surface area contributed by atoms with Crippen molar-refractivity contribution in [1.82, 2.24) is 10.2 Å². The van der Waals surface area contributed by atoms with Gasteiger partial charge in [-0.25, -0.2) is 0 Å². The van der Waals surface area contributed by atoms with E-state index in [1.807, 2.05) is 24.3 Å². The standard InChI is InChI=1S/C20H21F3N4O2S.2ClH/c1-27(2)8-7-12-3-5-16(14(9-12)11-30)29-17-6-4-13(18(28)26-19(24)25)10-15(17)20(21,22)23;;/h3-6,9-11H,7-8H2,1-2H3,(H4,24,25,26,28);2*1H. The number of carbonyl (C=O) groups excluding carboxylic acids is 1. The average Bonchev–Trinajstić information content (AvgIpc) is 2.65. The average molecular weight is 511 g/mol. The Kier molecular flexibility index (Phi) is 11.6. The van der Waals surface area contributed by atoms with Gasteiger partial charge < -0.3 is 15.4 Å². The van der Waals surface area contributed by atoms with E-state index in [2.05, 4.69) is 0 Å². The quantitative estimate of drug-likeness (QED) is 0.291. The van der Waals surface area contributed by atoms with Crippen LogP contribution < -0.4 is 15.8 Å². The van der Waals surface area contributed by atoms with E-state index in [4.69, 9.17) is 28.1 Å². The normalized spacial score (nSPS) is 10.6. The number of guanidine groups is 1. The second kappa shape index (κ2) is 12.6. The lowest BCUT2D eigenvalue weighted by atomic mass is 10.1. The maximum Gasteiger partial charge on any atom is 0.420 e. The summed E-state index contributed by atoms with van der Waals surface area (Å²) in [5.41, 5.74) is 5.07. The molecule has 1 amide bonds. The maximum atomic E-state index is 13.6. The molecule has 0 fully saturated rings. The number of likely N-dealkylation sites (N-methyl/N-ethyl adjacent to an activating group) is 1. The zero-order valence-corrected chi connectivity index (χ0v) is 19.6. The number of rotatable bonds is 7. The summed E-state index contributed by atoms with van der Waals surface area (Å²) in [4.78, 5) is 13.9. The third kappa shape index (κ3) is 8.27. The Bertz CT molecular complexity index is 972. The van der Waals surface area contributed by atoms with Crippen LogP contribution in [0.5, 0.6) is 11.5 Å². The number of hydrogen-bond acceptors (Lipinski definition) is 5. The van der Waals surface area contributed by atoms with Crippen LogP contribution in [0, 0.1) is 5.41 Å². The van der Waals surface area contributed by atoms with Crippen LogP contribution in [0.1, 0.15) is 27.0 Å². The van der Waals surface area contributed by atoms with Gasteiger partial charge in [0.15, 0.2) is 5.96 Å². The van der Waals surface area contributed by atoms with Crippen molar-refractivity contribution in [2.45, 2.75) is 12.6 Å². The highest BCUT2D eigenvalue weighted by Gasteiger charge is 2.35. The molecule has 0 bridgehead atoms. The molecule has 0 aliphatic heterocycles. The highest BCUT2D eigenvalue weighted by atomic mass is 35.5. The largest absolute Gasteiger partial charge is 0.456 e. The minimum Gasteiger partial charge on any atom is -0.456 e. The molecule has 0 aromatic heterocycles. The third-order valence-electron chi connectivity index (χ3n) is 4.06.